The molecule has 1 unspecified atom stereocenters. The molecule has 1 atom stereocenters. The van der Waals surface area contributed by atoms with E-state index in [-0.39, 0.29) is 6.61 Å². The lowest BCUT2D eigenvalue weighted by Crippen LogP contribution is -2.32. The lowest BCUT2D eigenvalue weighted by molar-refractivity contribution is 0.148. The Labute approximate surface area is 56.5 Å². The minimum absolute atomic E-state index is 0.285. The van der Waals surface area contributed by atoms with E-state index < -0.39 is 0 Å². The minimum Gasteiger partial charge on any atom is -0.396 e. The lowest BCUT2D eigenvalue weighted by Gasteiger charge is -2.27. The van der Waals surface area contributed by atoms with Gasteiger partial charge in [0.25, 0.3) is 0 Å². The molecule has 1 rings (SSSR count). The molecule has 9 heavy (non-hydrogen) atoms. The largest absolute Gasteiger partial charge is 0.396 e. The molecule has 0 aromatic heterocycles. The van der Waals surface area contributed by atoms with E-state index in [0.29, 0.717) is 5.92 Å². The van der Waals surface area contributed by atoms with Crippen molar-refractivity contribution >= 4 is 0 Å². The molecule has 2 heteroatoms. The van der Waals surface area contributed by atoms with Crippen LogP contribution in [0.4, 0.5) is 0 Å². The minimum atomic E-state index is 0.285. The second kappa shape index (κ2) is 3.18. The van der Waals surface area contributed by atoms with Crippen molar-refractivity contribution in [2.45, 2.75) is 12.8 Å². The molecular weight excluding hydrogens is 114 g/mol. The number of nitrogens with zero attached hydrogens (tertiary/aromatic N) is 1. The smallest absolute Gasteiger partial charge is 0.0471 e. The van der Waals surface area contributed by atoms with Crippen LogP contribution in [0.1, 0.15) is 12.8 Å². The number of hydrogen-bond acceptors (Lipinski definition) is 2. The zero-order valence-corrected chi connectivity index (χ0v) is 5.58. The normalized spacial score (nSPS) is 30.7. The average molecular weight is 127 g/mol. The summed E-state index contributed by atoms with van der Waals surface area (Å²) in [5, 5.41) is 8.73. The first kappa shape index (κ1) is 7.03. The maximum absolute atomic E-state index is 8.73. The Morgan fingerprint density at radius 3 is 2.89 bits per heavy atom. The summed E-state index contributed by atoms with van der Waals surface area (Å²) in [4.78, 5) is 1.78. The second-order valence-electron chi connectivity index (χ2n) is 2.69. The third-order valence-corrected chi connectivity index (χ3v) is 1.81. The van der Waals surface area contributed by atoms with Crippen LogP contribution in [-0.2, 0) is 0 Å². The number of hydrogen-bond donors (Lipinski definition) is 1. The van der Waals surface area contributed by atoms with Crippen LogP contribution in [0.25, 0.3) is 0 Å². The fraction of sp³-hybridized carbons (Fsp3) is 0.857. The highest BCUT2D eigenvalue weighted by molar-refractivity contribution is 4.70. The molecule has 0 bridgehead atoms. The van der Waals surface area contributed by atoms with E-state index in [9.17, 15) is 0 Å². The highest BCUT2D eigenvalue weighted by Crippen LogP contribution is 2.13. The zero-order valence-electron chi connectivity index (χ0n) is 5.58. The Morgan fingerprint density at radius 2 is 2.44 bits per heavy atom. The summed E-state index contributed by atoms with van der Waals surface area (Å²) in [5.74, 6) is 0.420. The molecule has 0 saturated carbocycles. The van der Waals surface area contributed by atoms with Crippen molar-refractivity contribution in [3.63, 3.8) is 0 Å². The van der Waals surface area contributed by atoms with Crippen molar-refractivity contribution in [3.05, 3.63) is 7.05 Å². The van der Waals surface area contributed by atoms with Crippen molar-refractivity contribution in [1.82, 2.24) is 4.90 Å². The van der Waals surface area contributed by atoms with Gasteiger partial charge in [0.05, 0.1) is 0 Å². The summed E-state index contributed by atoms with van der Waals surface area (Å²) >= 11 is 0. The van der Waals surface area contributed by atoms with Crippen molar-refractivity contribution in [2.75, 3.05) is 19.7 Å². The zero-order chi connectivity index (χ0) is 6.69. The van der Waals surface area contributed by atoms with E-state index in [4.69, 9.17) is 12.2 Å². The molecule has 1 heterocycles. The van der Waals surface area contributed by atoms with Crippen LogP contribution in [-0.4, -0.2) is 29.7 Å². The standard InChI is InChI=1S/C7H13NO/c1-8-4-2-3-7(5-8)6-9/h1,7,9H,2-6H2. The van der Waals surface area contributed by atoms with Crippen LogP contribution in [0.2, 0.25) is 0 Å². The third kappa shape index (κ3) is 1.95. The Balaban J connectivity index is 2.23. The molecule has 0 aromatic carbocycles. The highest BCUT2D eigenvalue weighted by Gasteiger charge is 2.15. The Kier molecular flexibility index (Phi) is 2.49. The van der Waals surface area contributed by atoms with Crippen molar-refractivity contribution < 1.29 is 5.11 Å². The maximum atomic E-state index is 8.73. The van der Waals surface area contributed by atoms with Gasteiger partial charge in [-0.2, -0.15) is 0 Å². The summed E-state index contributed by atoms with van der Waals surface area (Å²) in [6.45, 7) is 2.13. The van der Waals surface area contributed by atoms with Crippen LogP contribution in [0, 0.1) is 13.0 Å². The van der Waals surface area contributed by atoms with Crippen molar-refractivity contribution in [1.29, 1.82) is 0 Å². The quantitative estimate of drug-likeness (QED) is 0.549. The molecule has 0 spiro atoms. The number of aliphatic hydroxyl groups is 1. The van der Waals surface area contributed by atoms with E-state index in [2.05, 4.69) is 0 Å². The number of likely N-dealkylation sites (tertiary alicyclic amines) is 1. The Morgan fingerprint density at radius 1 is 1.67 bits per heavy atom. The van der Waals surface area contributed by atoms with E-state index in [0.717, 1.165) is 25.9 Å². The van der Waals surface area contributed by atoms with Gasteiger partial charge in [-0.15, -0.1) is 0 Å². The molecular formula is C7H13NO. The number of piperidine rings is 1. The summed E-state index contributed by atoms with van der Waals surface area (Å²) in [6.07, 6.45) is 2.26. The predicted molar refractivity (Wildman–Crippen MR) is 35.7 cm³/mol. The number of rotatable bonds is 1. The van der Waals surface area contributed by atoms with Gasteiger partial charge in [-0.1, -0.05) is 0 Å². The predicted octanol–water partition coefficient (Wildman–Crippen LogP) is 0.359. The fourth-order valence-electron chi connectivity index (χ4n) is 1.25. The van der Waals surface area contributed by atoms with Gasteiger partial charge in [0.1, 0.15) is 0 Å². The molecule has 2 nitrogen and oxygen atoms in total. The van der Waals surface area contributed by atoms with Gasteiger partial charge in [0.15, 0.2) is 0 Å². The SMILES string of the molecule is [CH]N1CCCC(CO)C1. The van der Waals surface area contributed by atoms with Gasteiger partial charge in [0, 0.05) is 20.2 Å². The van der Waals surface area contributed by atoms with Crippen LogP contribution < -0.4 is 0 Å². The second-order valence-corrected chi connectivity index (χ2v) is 2.69. The first-order chi connectivity index (χ1) is 4.33. The highest BCUT2D eigenvalue weighted by atomic mass is 16.3. The average Bonchev–Trinajstić information content (AvgIpc) is 1.88. The van der Waals surface area contributed by atoms with Gasteiger partial charge in [0.2, 0.25) is 0 Å². The van der Waals surface area contributed by atoms with Gasteiger partial charge < -0.3 is 5.11 Å². The van der Waals surface area contributed by atoms with E-state index >= 15 is 0 Å². The van der Waals surface area contributed by atoms with Crippen LogP contribution in [0.15, 0.2) is 0 Å². The first-order valence-electron chi connectivity index (χ1n) is 3.43. The Hall–Kier alpha value is -0.0800. The van der Waals surface area contributed by atoms with E-state index in [1.54, 1.807) is 4.90 Å². The maximum Gasteiger partial charge on any atom is 0.0471 e. The Bertz CT molecular complexity index is 85.0. The summed E-state index contributed by atoms with van der Waals surface area (Å²) in [7, 11) is 5.52. The summed E-state index contributed by atoms with van der Waals surface area (Å²) in [6, 6.07) is 0. The summed E-state index contributed by atoms with van der Waals surface area (Å²) in [5.41, 5.74) is 0. The van der Waals surface area contributed by atoms with Crippen molar-refractivity contribution in [3.8, 4) is 0 Å². The molecule has 1 aliphatic rings. The van der Waals surface area contributed by atoms with Gasteiger partial charge in [-0.25, -0.2) is 0 Å². The van der Waals surface area contributed by atoms with E-state index in [1.807, 2.05) is 0 Å². The molecule has 2 radical (unpaired) electrons. The summed E-state index contributed by atoms with van der Waals surface area (Å²) < 4.78 is 0. The topological polar surface area (TPSA) is 23.5 Å². The molecule has 0 aromatic rings. The molecule has 1 aliphatic heterocycles. The molecule has 0 aliphatic carbocycles. The lowest BCUT2D eigenvalue weighted by atomic mass is 10.00. The van der Waals surface area contributed by atoms with Gasteiger partial charge in [-0.3, -0.25) is 4.90 Å². The van der Waals surface area contributed by atoms with Gasteiger partial charge >= 0.3 is 0 Å². The van der Waals surface area contributed by atoms with Gasteiger partial charge in [-0.05, 0) is 25.3 Å². The van der Waals surface area contributed by atoms with E-state index in [1.165, 1.54) is 0 Å². The number of aliphatic hydroxyl groups excluding tert-OH is 1. The molecule has 1 saturated heterocycles. The first-order valence-corrected chi connectivity index (χ1v) is 3.43. The third-order valence-electron chi connectivity index (χ3n) is 1.81. The van der Waals surface area contributed by atoms with Crippen molar-refractivity contribution in [2.24, 2.45) is 5.92 Å². The molecule has 0 amide bonds. The molecule has 1 N–H and O–H groups in total. The molecule has 1 fully saturated rings. The van der Waals surface area contributed by atoms with Crippen LogP contribution >= 0.6 is 0 Å². The van der Waals surface area contributed by atoms with Crippen LogP contribution in [0.3, 0.4) is 0 Å². The molecule has 52 valence electrons. The fourth-order valence-corrected chi connectivity index (χ4v) is 1.25. The van der Waals surface area contributed by atoms with Crippen LogP contribution in [0.5, 0.6) is 0 Å². The monoisotopic (exact) mass is 127 g/mol.